The normalized spacial score (nSPS) is 12.3. The number of para-hydroxylation sites is 1. The average molecular weight is 293 g/mol. The lowest BCUT2D eigenvalue weighted by Crippen LogP contribution is -2.04. The maximum atomic E-state index is 12.4. The summed E-state index contributed by atoms with van der Waals surface area (Å²) in [5.41, 5.74) is 3.03. The molecule has 0 aliphatic rings. The van der Waals surface area contributed by atoms with Crippen LogP contribution in [0, 0.1) is 0 Å². The molecule has 1 atom stereocenters. The standard InChI is InChI=1S/C19H19NO2/c1-13(17-12-20-18-6-4-3-5-16(17)18)11-19(21)14-7-9-15(22-2)10-8-14/h3-10,12-13,20H,11H2,1-2H3. The Labute approximate surface area is 129 Å². The van der Waals surface area contributed by atoms with Crippen molar-refractivity contribution in [1.29, 1.82) is 0 Å². The number of fused-ring (bicyclic) bond motifs is 1. The quantitative estimate of drug-likeness (QED) is 0.701. The van der Waals surface area contributed by atoms with Gasteiger partial charge in [0.1, 0.15) is 5.75 Å². The van der Waals surface area contributed by atoms with Crippen LogP contribution in [0.15, 0.2) is 54.7 Å². The lowest BCUT2D eigenvalue weighted by Gasteiger charge is -2.10. The van der Waals surface area contributed by atoms with Crippen molar-refractivity contribution in [2.75, 3.05) is 7.11 Å². The van der Waals surface area contributed by atoms with Gasteiger partial charge in [-0.05, 0) is 41.8 Å². The van der Waals surface area contributed by atoms with Gasteiger partial charge in [0.2, 0.25) is 0 Å². The summed E-state index contributed by atoms with van der Waals surface area (Å²) in [6, 6.07) is 15.5. The van der Waals surface area contributed by atoms with Crippen LogP contribution in [0.2, 0.25) is 0 Å². The number of benzene rings is 2. The number of ether oxygens (including phenoxy) is 1. The van der Waals surface area contributed by atoms with Crippen LogP contribution in [-0.2, 0) is 0 Å². The van der Waals surface area contributed by atoms with Crippen LogP contribution in [0.3, 0.4) is 0 Å². The number of carbonyl (C=O) groups excluding carboxylic acids is 1. The summed E-state index contributed by atoms with van der Waals surface area (Å²) in [6.45, 7) is 2.09. The number of aromatic amines is 1. The SMILES string of the molecule is COc1ccc(C(=O)CC(C)c2c[nH]c3ccccc23)cc1. The first kappa shape index (κ1) is 14.4. The van der Waals surface area contributed by atoms with Gasteiger partial charge in [-0.25, -0.2) is 0 Å². The molecule has 0 fully saturated rings. The number of hydrogen-bond donors (Lipinski definition) is 1. The van der Waals surface area contributed by atoms with E-state index in [0.29, 0.717) is 6.42 Å². The van der Waals surface area contributed by atoms with E-state index >= 15 is 0 Å². The van der Waals surface area contributed by atoms with Gasteiger partial charge in [0.25, 0.3) is 0 Å². The van der Waals surface area contributed by atoms with E-state index in [2.05, 4.69) is 24.0 Å². The zero-order valence-electron chi connectivity index (χ0n) is 12.8. The molecule has 3 rings (SSSR count). The Bertz CT molecular complexity index is 787. The molecule has 3 heteroatoms. The van der Waals surface area contributed by atoms with Crippen LogP contribution in [0.1, 0.15) is 35.2 Å². The second-order valence-corrected chi connectivity index (χ2v) is 5.55. The first-order valence-electron chi connectivity index (χ1n) is 7.42. The molecule has 1 N–H and O–H groups in total. The molecule has 0 aliphatic heterocycles. The molecule has 1 heterocycles. The molecule has 0 spiro atoms. The Morgan fingerprint density at radius 1 is 1.14 bits per heavy atom. The van der Waals surface area contributed by atoms with Crippen molar-refractivity contribution >= 4 is 16.7 Å². The topological polar surface area (TPSA) is 42.1 Å². The number of aromatic nitrogens is 1. The van der Waals surface area contributed by atoms with Crippen LogP contribution in [0.25, 0.3) is 10.9 Å². The number of carbonyl (C=O) groups is 1. The smallest absolute Gasteiger partial charge is 0.163 e. The van der Waals surface area contributed by atoms with E-state index in [4.69, 9.17) is 4.74 Å². The van der Waals surface area contributed by atoms with Crippen molar-refractivity contribution in [3.8, 4) is 5.75 Å². The van der Waals surface area contributed by atoms with Crippen molar-refractivity contribution in [3.05, 3.63) is 65.9 Å². The summed E-state index contributed by atoms with van der Waals surface area (Å²) in [5, 5.41) is 1.19. The van der Waals surface area contributed by atoms with E-state index in [9.17, 15) is 4.79 Å². The molecule has 3 nitrogen and oxygen atoms in total. The molecule has 3 aromatic rings. The van der Waals surface area contributed by atoms with Crippen molar-refractivity contribution in [3.63, 3.8) is 0 Å². The molecule has 112 valence electrons. The largest absolute Gasteiger partial charge is 0.497 e. The van der Waals surface area contributed by atoms with Gasteiger partial charge in [0.15, 0.2) is 5.78 Å². The molecule has 0 radical (unpaired) electrons. The summed E-state index contributed by atoms with van der Waals surface area (Å²) in [4.78, 5) is 15.7. The van der Waals surface area contributed by atoms with Gasteiger partial charge in [0, 0.05) is 29.1 Å². The highest BCUT2D eigenvalue weighted by Gasteiger charge is 2.16. The fourth-order valence-corrected chi connectivity index (χ4v) is 2.78. The molecule has 0 saturated heterocycles. The maximum Gasteiger partial charge on any atom is 0.163 e. The highest BCUT2D eigenvalue weighted by Crippen LogP contribution is 2.28. The Kier molecular flexibility index (Phi) is 3.96. The van der Waals surface area contributed by atoms with Crippen LogP contribution >= 0.6 is 0 Å². The lowest BCUT2D eigenvalue weighted by atomic mass is 9.93. The number of Topliss-reactive ketones (excluding diaryl/α,β-unsaturated/α-hetero) is 1. The van der Waals surface area contributed by atoms with Crippen LogP contribution < -0.4 is 4.74 Å². The Balaban J connectivity index is 1.78. The average Bonchev–Trinajstić information content (AvgIpc) is 2.99. The third kappa shape index (κ3) is 2.75. The summed E-state index contributed by atoms with van der Waals surface area (Å²) in [7, 11) is 1.62. The summed E-state index contributed by atoms with van der Waals surface area (Å²) < 4.78 is 5.12. The van der Waals surface area contributed by atoms with Gasteiger partial charge in [0.05, 0.1) is 7.11 Å². The van der Waals surface area contributed by atoms with E-state index < -0.39 is 0 Å². The molecule has 0 amide bonds. The molecule has 0 aliphatic carbocycles. The molecule has 2 aromatic carbocycles. The van der Waals surface area contributed by atoms with E-state index in [1.165, 1.54) is 10.9 Å². The predicted molar refractivity (Wildman–Crippen MR) is 88.7 cm³/mol. The number of rotatable bonds is 5. The third-order valence-corrected chi connectivity index (χ3v) is 4.06. The first-order valence-corrected chi connectivity index (χ1v) is 7.42. The van der Waals surface area contributed by atoms with Crippen LogP contribution in [-0.4, -0.2) is 17.9 Å². The molecular formula is C19H19NO2. The second kappa shape index (κ2) is 6.06. The van der Waals surface area contributed by atoms with E-state index in [1.807, 2.05) is 42.6 Å². The summed E-state index contributed by atoms with van der Waals surface area (Å²) in [5.74, 6) is 1.09. The van der Waals surface area contributed by atoms with Crippen molar-refractivity contribution in [2.24, 2.45) is 0 Å². The molecule has 0 saturated carbocycles. The molecule has 1 unspecified atom stereocenters. The second-order valence-electron chi connectivity index (χ2n) is 5.55. The number of ketones is 1. The Morgan fingerprint density at radius 2 is 1.86 bits per heavy atom. The number of hydrogen-bond acceptors (Lipinski definition) is 2. The zero-order valence-corrected chi connectivity index (χ0v) is 12.8. The zero-order chi connectivity index (χ0) is 15.5. The van der Waals surface area contributed by atoms with Crippen molar-refractivity contribution in [2.45, 2.75) is 19.3 Å². The van der Waals surface area contributed by atoms with Gasteiger partial charge in [-0.3, -0.25) is 4.79 Å². The fraction of sp³-hybridized carbons (Fsp3) is 0.211. The number of nitrogens with one attached hydrogen (secondary N) is 1. The Morgan fingerprint density at radius 3 is 2.59 bits per heavy atom. The van der Waals surface area contributed by atoms with E-state index in [0.717, 1.165) is 16.8 Å². The number of H-pyrrole nitrogens is 1. The molecular weight excluding hydrogens is 274 g/mol. The first-order chi connectivity index (χ1) is 10.7. The minimum Gasteiger partial charge on any atom is -0.497 e. The van der Waals surface area contributed by atoms with Gasteiger partial charge >= 0.3 is 0 Å². The third-order valence-electron chi connectivity index (χ3n) is 4.06. The van der Waals surface area contributed by atoms with E-state index in [-0.39, 0.29) is 11.7 Å². The van der Waals surface area contributed by atoms with Gasteiger partial charge < -0.3 is 9.72 Å². The van der Waals surface area contributed by atoms with Crippen molar-refractivity contribution in [1.82, 2.24) is 4.98 Å². The highest BCUT2D eigenvalue weighted by molar-refractivity contribution is 5.97. The van der Waals surface area contributed by atoms with Crippen LogP contribution in [0.4, 0.5) is 0 Å². The Hall–Kier alpha value is -2.55. The van der Waals surface area contributed by atoms with Gasteiger partial charge in [-0.15, -0.1) is 0 Å². The minimum absolute atomic E-state index is 0.153. The predicted octanol–water partition coefficient (Wildman–Crippen LogP) is 4.55. The van der Waals surface area contributed by atoms with Crippen LogP contribution in [0.5, 0.6) is 5.75 Å². The minimum atomic E-state index is 0.153. The number of methoxy groups -OCH3 is 1. The maximum absolute atomic E-state index is 12.4. The lowest BCUT2D eigenvalue weighted by molar-refractivity contribution is 0.0976. The van der Waals surface area contributed by atoms with Gasteiger partial charge in [-0.2, -0.15) is 0 Å². The summed E-state index contributed by atoms with van der Waals surface area (Å²) in [6.07, 6.45) is 2.50. The fourth-order valence-electron chi connectivity index (χ4n) is 2.78. The molecule has 22 heavy (non-hydrogen) atoms. The molecule has 1 aromatic heterocycles. The van der Waals surface area contributed by atoms with Crippen molar-refractivity contribution < 1.29 is 9.53 Å². The van der Waals surface area contributed by atoms with E-state index in [1.54, 1.807) is 7.11 Å². The highest BCUT2D eigenvalue weighted by atomic mass is 16.5. The molecule has 0 bridgehead atoms. The monoisotopic (exact) mass is 293 g/mol. The van der Waals surface area contributed by atoms with Gasteiger partial charge in [-0.1, -0.05) is 25.1 Å². The summed E-state index contributed by atoms with van der Waals surface area (Å²) >= 11 is 0.